The van der Waals surface area contributed by atoms with Crippen molar-refractivity contribution in [3.8, 4) is 17.3 Å². The molecule has 1 N–H and O–H groups in total. The van der Waals surface area contributed by atoms with E-state index in [4.69, 9.17) is 25.7 Å². The summed E-state index contributed by atoms with van der Waals surface area (Å²) in [6.45, 7) is 2.12. The smallest absolute Gasteiger partial charge is 0.310 e. The summed E-state index contributed by atoms with van der Waals surface area (Å²) in [7, 11) is 0. The summed E-state index contributed by atoms with van der Waals surface area (Å²) in [4.78, 5) is 33.6. The van der Waals surface area contributed by atoms with E-state index >= 15 is 0 Å². The van der Waals surface area contributed by atoms with Crippen LogP contribution in [0.25, 0.3) is 28.3 Å². The molecule has 1 amide bonds. The minimum Gasteiger partial charge on any atom is -0.466 e. The van der Waals surface area contributed by atoms with Gasteiger partial charge < -0.3 is 14.5 Å². The number of imidazole rings is 1. The van der Waals surface area contributed by atoms with Crippen molar-refractivity contribution < 1.29 is 18.7 Å². The Morgan fingerprint density at radius 2 is 1.79 bits per heavy atom. The largest absolute Gasteiger partial charge is 0.466 e. The number of anilines is 1. The minimum atomic E-state index is -0.282. The van der Waals surface area contributed by atoms with Crippen molar-refractivity contribution in [2.24, 2.45) is 0 Å². The molecular formula is C29H25ClN4O4. The van der Waals surface area contributed by atoms with Gasteiger partial charge in [-0.1, -0.05) is 48.0 Å². The second-order valence-electron chi connectivity index (χ2n) is 8.61. The predicted molar refractivity (Wildman–Crippen MR) is 145 cm³/mol. The number of hydrogen-bond donors (Lipinski definition) is 1. The monoisotopic (exact) mass is 528 g/mol. The van der Waals surface area contributed by atoms with Crippen LogP contribution in [0, 0.1) is 0 Å². The quantitative estimate of drug-likeness (QED) is 0.235. The van der Waals surface area contributed by atoms with E-state index in [0.717, 1.165) is 22.2 Å². The first-order chi connectivity index (χ1) is 18.5. The van der Waals surface area contributed by atoms with E-state index in [2.05, 4.69) is 10.3 Å². The molecule has 0 saturated heterocycles. The summed E-state index contributed by atoms with van der Waals surface area (Å²) in [6, 6.07) is 22.5. The summed E-state index contributed by atoms with van der Waals surface area (Å²) in [5.41, 5.74) is 4.63. The number of oxazole rings is 1. The number of rotatable bonds is 9. The van der Waals surface area contributed by atoms with Gasteiger partial charge in [-0.3, -0.25) is 14.2 Å². The molecule has 2 aromatic heterocycles. The lowest BCUT2D eigenvalue weighted by atomic mass is 10.1. The Balaban J connectivity index is 1.32. The van der Waals surface area contributed by atoms with Crippen LogP contribution >= 0.6 is 11.6 Å². The Morgan fingerprint density at radius 3 is 2.55 bits per heavy atom. The number of amides is 1. The number of halogens is 1. The number of nitrogens with zero attached hydrogens (tertiary/aromatic N) is 3. The molecule has 0 aliphatic heterocycles. The molecular weight excluding hydrogens is 504 g/mol. The summed E-state index contributed by atoms with van der Waals surface area (Å²) in [5.74, 6) is 0.132. The first-order valence-corrected chi connectivity index (χ1v) is 12.6. The zero-order valence-electron chi connectivity index (χ0n) is 20.7. The van der Waals surface area contributed by atoms with Crippen molar-refractivity contribution in [1.82, 2.24) is 14.5 Å². The Hall–Kier alpha value is -4.43. The van der Waals surface area contributed by atoms with Gasteiger partial charge in [-0.15, -0.1) is 0 Å². The van der Waals surface area contributed by atoms with E-state index in [0.29, 0.717) is 41.2 Å². The maximum absolute atomic E-state index is 12.8. The highest BCUT2D eigenvalue weighted by Crippen LogP contribution is 2.29. The maximum atomic E-state index is 12.8. The molecule has 5 aromatic rings. The lowest BCUT2D eigenvalue weighted by Gasteiger charge is -2.07. The van der Waals surface area contributed by atoms with Gasteiger partial charge in [0.2, 0.25) is 5.91 Å². The van der Waals surface area contributed by atoms with Crippen molar-refractivity contribution >= 4 is 40.2 Å². The first-order valence-electron chi connectivity index (χ1n) is 12.2. The molecule has 0 aliphatic carbocycles. The van der Waals surface area contributed by atoms with Crippen LogP contribution in [0.1, 0.15) is 24.7 Å². The van der Waals surface area contributed by atoms with Gasteiger partial charge >= 0.3 is 12.0 Å². The Bertz CT molecular complexity index is 1570. The summed E-state index contributed by atoms with van der Waals surface area (Å²) >= 11 is 6.09. The SMILES string of the molecule is CCOC(=O)Cc1ccc(NC(=O)CCc2oc(-n3cnc4ccccc43)nc2-c2ccc(Cl)cc2)cc1. The molecule has 192 valence electrons. The third kappa shape index (κ3) is 5.76. The van der Waals surface area contributed by atoms with Crippen molar-refractivity contribution in [3.05, 3.63) is 95.5 Å². The molecule has 0 saturated carbocycles. The molecule has 0 bridgehead atoms. The second-order valence-corrected chi connectivity index (χ2v) is 9.04. The number of hydrogen-bond acceptors (Lipinski definition) is 6. The van der Waals surface area contributed by atoms with Crippen LogP contribution in [0.5, 0.6) is 0 Å². The van der Waals surface area contributed by atoms with Crippen molar-refractivity contribution in [2.75, 3.05) is 11.9 Å². The summed E-state index contributed by atoms with van der Waals surface area (Å²) < 4.78 is 12.9. The maximum Gasteiger partial charge on any atom is 0.310 e. The summed E-state index contributed by atoms with van der Waals surface area (Å²) in [5, 5.41) is 3.51. The van der Waals surface area contributed by atoms with Crippen LogP contribution in [0.3, 0.4) is 0 Å². The van der Waals surface area contributed by atoms with E-state index in [1.165, 1.54) is 0 Å². The molecule has 8 nitrogen and oxygen atoms in total. The second kappa shape index (κ2) is 11.3. The molecule has 0 atom stereocenters. The van der Waals surface area contributed by atoms with Crippen LogP contribution in [-0.4, -0.2) is 33.0 Å². The lowest BCUT2D eigenvalue weighted by Crippen LogP contribution is -2.12. The minimum absolute atomic E-state index is 0.170. The van der Waals surface area contributed by atoms with Crippen LogP contribution in [0.4, 0.5) is 5.69 Å². The van der Waals surface area contributed by atoms with Crippen molar-refractivity contribution in [3.63, 3.8) is 0 Å². The Kier molecular flexibility index (Phi) is 7.51. The molecule has 3 aromatic carbocycles. The third-order valence-electron chi connectivity index (χ3n) is 5.93. The van der Waals surface area contributed by atoms with Gasteiger partial charge in [0.25, 0.3) is 0 Å². The number of aryl methyl sites for hydroxylation is 1. The van der Waals surface area contributed by atoms with Crippen LogP contribution in [0.15, 0.2) is 83.5 Å². The molecule has 5 rings (SSSR count). The van der Waals surface area contributed by atoms with Gasteiger partial charge in [0.15, 0.2) is 0 Å². The predicted octanol–water partition coefficient (Wildman–Crippen LogP) is 6.01. The van der Waals surface area contributed by atoms with Crippen LogP contribution in [-0.2, 0) is 27.2 Å². The van der Waals surface area contributed by atoms with E-state index in [9.17, 15) is 9.59 Å². The molecule has 9 heteroatoms. The van der Waals surface area contributed by atoms with Crippen molar-refractivity contribution in [1.29, 1.82) is 0 Å². The highest BCUT2D eigenvalue weighted by atomic mass is 35.5. The molecule has 2 heterocycles. The average Bonchev–Trinajstić information content (AvgIpc) is 3.53. The standard InChI is InChI=1S/C29H25ClN4O4/c1-2-37-27(36)17-19-7-13-22(14-8-19)32-26(35)16-15-25-28(20-9-11-21(30)12-10-20)33-29(38-25)34-18-31-23-5-3-4-6-24(23)34/h3-14,18H,2,15-17H2,1H3,(H,32,35). The van der Waals surface area contributed by atoms with E-state index in [-0.39, 0.29) is 24.7 Å². The highest BCUT2D eigenvalue weighted by Gasteiger charge is 2.19. The van der Waals surface area contributed by atoms with E-state index in [1.807, 2.05) is 36.4 Å². The van der Waals surface area contributed by atoms with Gasteiger partial charge in [0.1, 0.15) is 17.8 Å². The Labute approximate surface area is 224 Å². The normalized spacial score (nSPS) is 11.0. The lowest BCUT2D eigenvalue weighted by molar-refractivity contribution is -0.142. The molecule has 0 fully saturated rings. The molecule has 38 heavy (non-hydrogen) atoms. The van der Waals surface area contributed by atoms with Gasteiger partial charge in [-0.25, -0.2) is 4.98 Å². The number of ether oxygens (including phenoxy) is 1. The fourth-order valence-corrected chi connectivity index (χ4v) is 4.22. The molecule has 0 unspecified atom stereocenters. The number of carbonyl (C=O) groups excluding carboxylic acids is 2. The van der Waals surface area contributed by atoms with Gasteiger partial charge in [0.05, 0.1) is 24.1 Å². The van der Waals surface area contributed by atoms with E-state index < -0.39 is 0 Å². The number of fused-ring (bicyclic) bond motifs is 1. The number of para-hydroxylation sites is 2. The van der Waals surface area contributed by atoms with Gasteiger partial charge in [-0.2, -0.15) is 4.98 Å². The fourth-order valence-electron chi connectivity index (χ4n) is 4.09. The number of nitrogens with one attached hydrogen (secondary N) is 1. The summed E-state index contributed by atoms with van der Waals surface area (Å²) in [6.07, 6.45) is 2.38. The topological polar surface area (TPSA) is 99.2 Å². The van der Waals surface area contributed by atoms with Crippen molar-refractivity contribution in [2.45, 2.75) is 26.2 Å². The average molecular weight is 529 g/mol. The zero-order chi connectivity index (χ0) is 26.5. The number of esters is 1. The number of benzene rings is 3. The van der Waals surface area contributed by atoms with E-state index in [1.54, 1.807) is 54.2 Å². The Morgan fingerprint density at radius 1 is 1.03 bits per heavy atom. The van der Waals surface area contributed by atoms with Crippen LogP contribution < -0.4 is 5.32 Å². The highest BCUT2D eigenvalue weighted by molar-refractivity contribution is 6.30. The number of aromatic nitrogens is 3. The van der Waals surface area contributed by atoms with Gasteiger partial charge in [0, 0.05) is 29.1 Å². The van der Waals surface area contributed by atoms with Gasteiger partial charge in [-0.05, 0) is 48.9 Å². The zero-order valence-corrected chi connectivity index (χ0v) is 21.4. The molecule has 0 spiro atoms. The molecule has 0 radical (unpaired) electrons. The fraction of sp³-hybridized carbons (Fsp3) is 0.172. The third-order valence-corrected chi connectivity index (χ3v) is 6.19. The number of carbonyl (C=O) groups is 2. The van der Waals surface area contributed by atoms with Crippen LogP contribution in [0.2, 0.25) is 5.02 Å². The molecule has 0 aliphatic rings. The first kappa shape index (κ1) is 25.2.